The molecule has 1 fully saturated rings. The Morgan fingerprint density at radius 1 is 1.33 bits per heavy atom. The highest BCUT2D eigenvalue weighted by Crippen LogP contribution is 2.61. The SMILES string of the molecule is CN(C(=O)C1(C)CC1(F)F)c1ccc(OCC(=O)O)cc1. The molecule has 1 aliphatic rings. The first-order valence-electron chi connectivity index (χ1n) is 6.28. The number of hydrogen-bond acceptors (Lipinski definition) is 3. The van der Waals surface area contributed by atoms with Crippen LogP contribution in [0.1, 0.15) is 13.3 Å². The van der Waals surface area contributed by atoms with Crippen LogP contribution in [0.2, 0.25) is 0 Å². The molecule has 0 bridgehead atoms. The molecule has 1 saturated carbocycles. The van der Waals surface area contributed by atoms with Crippen LogP contribution in [0, 0.1) is 5.41 Å². The minimum absolute atomic E-state index is 0.324. The molecule has 0 saturated heterocycles. The Morgan fingerprint density at radius 2 is 1.86 bits per heavy atom. The summed E-state index contributed by atoms with van der Waals surface area (Å²) in [6.45, 7) is 0.772. The molecule has 1 unspecified atom stereocenters. The Bertz CT molecular complexity index is 573. The van der Waals surface area contributed by atoms with E-state index >= 15 is 0 Å². The van der Waals surface area contributed by atoms with E-state index in [1.54, 1.807) is 0 Å². The lowest BCUT2D eigenvalue weighted by molar-refractivity contribution is -0.139. The van der Waals surface area contributed by atoms with Gasteiger partial charge in [0.25, 0.3) is 5.92 Å². The molecule has 1 N–H and O–H groups in total. The van der Waals surface area contributed by atoms with E-state index in [1.807, 2.05) is 0 Å². The highest BCUT2D eigenvalue weighted by Gasteiger charge is 2.73. The summed E-state index contributed by atoms with van der Waals surface area (Å²) in [6, 6.07) is 5.99. The number of ether oxygens (including phenoxy) is 1. The number of rotatable bonds is 5. The molecule has 0 heterocycles. The molecule has 0 spiro atoms. The fourth-order valence-corrected chi connectivity index (χ4v) is 2.03. The number of hydrogen-bond donors (Lipinski definition) is 1. The summed E-state index contributed by atoms with van der Waals surface area (Å²) in [5.74, 6) is -4.38. The number of alkyl halides is 2. The highest BCUT2D eigenvalue weighted by atomic mass is 19.3. The van der Waals surface area contributed by atoms with Crippen molar-refractivity contribution in [3.05, 3.63) is 24.3 Å². The minimum atomic E-state index is -2.96. The Labute approximate surface area is 120 Å². The molecule has 114 valence electrons. The van der Waals surface area contributed by atoms with E-state index in [0.717, 1.165) is 0 Å². The summed E-state index contributed by atoms with van der Waals surface area (Å²) < 4.78 is 31.4. The van der Waals surface area contributed by atoms with Gasteiger partial charge in [-0.05, 0) is 31.2 Å². The summed E-state index contributed by atoms with van der Waals surface area (Å²) >= 11 is 0. The second kappa shape index (κ2) is 4.98. The van der Waals surface area contributed by atoms with Crippen molar-refractivity contribution in [3.63, 3.8) is 0 Å². The van der Waals surface area contributed by atoms with Crippen molar-refractivity contribution >= 4 is 17.6 Å². The van der Waals surface area contributed by atoms with Gasteiger partial charge in [0, 0.05) is 19.2 Å². The Balaban J connectivity index is 2.05. The molecule has 2 rings (SSSR count). The zero-order valence-corrected chi connectivity index (χ0v) is 11.6. The van der Waals surface area contributed by atoms with Gasteiger partial charge in [0.05, 0.1) is 0 Å². The van der Waals surface area contributed by atoms with Crippen molar-refractivity contribution < 1.29 is 28.2 Å². The third-order valence-electron chi connectivity index (χ3n) is 3.62. The van der Waals surface area contributed by atoms with Gasteiger partial charge < -0.3 is 14.7 Å². The van der Waals surface area contributed by atoms with Gasteiger partial charge in [0.1, 0.15) is 11.2 Å². The first-order chi connectivity index (χ1) is 9.67. The minimum Gasteiger partial charge on any atom is -0.482 e. The Hall–Kier alpha value is -2.18. The van der Waals surface area contributed by atoms with Crippen LogP contribution < -0.4 is 9.64 Å². The molecule has 1 amide bonds. The average Bonchev–Trinajstić information content (AvgIpc) is 2.95. The van der Waals surface area contributed by atoms with Gasteiger partial charge in [-0.15, -0.1) is 0 Å². The molecular formula is C14H15F2NO4. The lowest BCUT2D eigenvalue weighted by atomic mass is 10.1. The van der Waals surface area contributed by atoms with Crippen LogP contribution in [0.25, 0.3) is 0 Å². The summed E-state index contributed by atoms with van der Waals surface area (Å²) in [6.07, 6.45) is -0.441. The van der Waals surface area contributed by atoms with E-state index in [4.69, 9.17) is 9.84 Å². The lowest BCUT2D eigenvalue weighted by Gasteiger charge is -2.21. The Kier molecular flexibility index (Phi) is 3.61. The highest BCUT2D eigenvalue weighted by molar-refractivity contribution is 5.99. The fourth-order valence-electron chi connectivity index (χ4n) is 2.03. The van der Waals surface area contributed by atoms with Crippen LogP contribution in [0.5, 0.6) is 5.75 Å². The van der Waals surface area contributed by atoms with Gasteiger partial charge in [-0.25, -0.2) is 13.6 Å². The van der Waals surface area contributed by atoms with Gasteiger partial charge in [-0.3, -0.25) is 4.79 Å². The number of nitrogens with zero attached hydrogens (tertiary/aromatic N) is 1. The molecule has 7 heteroatoms. The van der Waals surface area contributed by atoms with Crippen LogP contribution >= 0.6 is 0 Å². The quantitative estimate of drug-likeness (QED) is 0.904. The molecule has 0 aliphatic heterocycles. The number of carboxylic acid groups (broad SMARTS) is 1. The summed E-state index contributed by atoms with van der Waals surface area (Å²) in [5, 5.41) is 8.49. The number of benzene rings is 1. The van der Waals surface area contributed by atoms with Crippen LogP contribution in [0.4, 0.5) is 14.5 Å². The van der Waals surface area contributed by atoms with Gasteiger partial charge in [-0.1, -0.05) is 0 Å². The van der Waals surface area contributed by atoms with Crippen molar-refractivity contribution in [1.82, 2.24) is 0 Å². The van der Waals surface area contributed by atoms with E-state index in [2.05, 4.69) is 0 Å². The largest absolute Gasteiger partial charge is 0.482 e. The topological polar surface area (TPSA) is 66.8 Å². The van der Waals surface area contributed by atoms with Crippen molar-refractivity contribution in [2.75, 3.05) is 18.6 Å². The number of halogens is 2. The average molecular weight is 299 g/mol. The molecule has 1 atom stereocenters. The first-order valence-corrected chi connectivity index (χ1v) is 6.28. The number of anilines is 1. The molecule has 5 nitrogen and oxygen atoms in total. The van der Waals surface area contributed by atoms with E-state index < -0.39 is 36.2 Å². The van der Waals surface area contributed by atoms with Crippen molar-refractivity contribution in [2.45, 2.75) is 19.3 Å². The third-order valence-corrected chi connectivity index (χ3v) is 3.62. The van der Waals surface area contributed by atoms with E-state index in [0.29, 0.717) is 11.4 Å². The lowest BCUT2D eigenvalue weighted by Crippen LogP contribution is -2.35. The number of carbonyl (C=O) groups is 2. The number of carboxylic acids is 1. The van der Waals surface area contributed by atoms with Crippen LogP contribution in [-0.4, -0.2) is 36.6 Å². The summed E-state index contributed by atoms with van der Waals surface area (Å²) in [5.41, 5.74) is -1.20. The van der Waals surface area contributed by atoms with Gasteiger partial charge >= 0.3 is 5.97 Å². The molecule has 0 radical (unpaired) electrons. The van der Waals surface area contributed by atoms with Crippen LogP contribution in [0.3, 0.4) is 0 Å². The number of carbonyl (C=O) groups excluding carboxylic acids is 1. The summed E-state index contributed by atoms with van der Waals surface area (Å²) in [4.78, 5) is 23.6. The summed E-state index contributed by atoms with van der Waals surface area (Å²) in [7, 11) is 1.43. The van der Waals surface area contributed by atoms with Gasteiger partial charge in [-0.2, -0.15) is 0 Å². The maximum atomic E-state index is 13.2. The van der Waals surface area contributed by atoms with Gasteiger partial charge in [0.15, 0.2) is 6.61 Å². The maximum Gasteiger partial charge on any atom is 0.341 e. The zero-order chi connectivity index (χ0) is 15.8. The number of amides is 1. The van der Waals surface area contributed by atoms with Crippen LogP contribution in [-0.2, 0) is 9.59 Å². The monoisotopic (exact) mass is 299 g/mol. The second-order valence-corrected chi connectivity index (χ2v) is 5.25. The third kappa shape index (κ3) is 2.81. The smallest absolute Gasteiger partial charge is 0.341 e. The van der Waals surface area contributed by atoms with E-state index in [-0.39, 0.29) is 0 Å². The van der Waals surface area contributed by atoms with E-state index in [9.17, 15) is 18.4 Å². The maximum absolute atomic E-state index is 13.2. The standard InChI is InChI=1S/C14H15F2NO4/c1-13(8-14(13,15)16)12(20)17(2)9-3-5-10(6-4-9)21-7-11(18)19/h3-6H,7-8H2,1-2H3,(H,18,19). The van der Waals surface area contributed by atoms with Crippen molar-refractivity contribution in [2.24, 2.45) is 5.41 Å². The van der Waals surface area contributed by atoms with Crippen molar-refractivity contribution in [3.8, 4) is 5.75 Å². The van der Waals surface area contributed by atoms with Gasteiger partial charge in [0.2, 0.25) is 5.91 Å². The molecule has 1 aromatic carbocycles. The molecule has 21 heavy (non-hydrogen) atoms. The van der Waals surface area contributed by atoms with E-state index in [1.165, 1.54) is 43.1 Å². The molecule has 0 aromatic heterocycles. The zero-order valence-electron chi connectivity index (χ0n) is 11.6. The normalized spacial score (nSPS) is 22.5. The first kappa shape index (κ1) is 15.2. The second-order valence-electron chi connectivity index (χ2n) is 5.25. The molecule has 1 aliphatic carbocycles. The Morgan fingerprint density at radius 3 is 2.29 bits per heavy atom. The van der Waals surface area contributed by atoms with Crippen molar-refractivity contribution in [1.29, 1.82) is 0 Å². The molecular weight excluding hydrogens is 284 g/mol. The predicted octanol–water partition coefficient (Wildman–Crippen LogP) is 2.16. The predicted molar refractivity (Wildman–Crippen MR) is 70.7 cm³/mol. The fraction of sp³-hybridized carbons (Fsp3) is 0.429. The molecule has 1 aromatic rings. The van der Waals surface area contributed by atoms with Crippen LogP contribution in [0.15, 0.2) is 24.3 Å². The number of aliphatic carboxylic acids is 1.